The summed E-state index contributed by atoms with van der Waals surface area (Å²) < 4.78 is 0. The van der Waals surface area contributed by atoms with Gasteiger partial charge in [-0.3, -0.25) is 0 Å². The highest BCUT2D eigenvalue weighted by Crippen LogP contribution is 2.28. The van der Waals surface area contributed by atoms with Gasteiger partial charge < -0.3 is 11.2 Å². The van der Waals surface area contributed by atoms with Crippen molar-refractivity contribution in [2.75, 3.05) is 11.2 Å². The van der Waals surface area contributed by atoms with E-state index in [1.807, 2.05) is 24.3 Å². The lowest BCUT2D eigenvalue weighted by molar-refractivity contribution is 1.05. The molecule has 0 bridgehead atoms. The maximum atomic E-state index is 5.81. The van der Waals surface area contributed by atoms with Crippen molar-refractivity contribution >= 4 is 35.1 Å². The molecule has 0 aliphatic carbocycles. The number of nitrogens with zero attached hydrogens (tertiary/aromatic N) is 2. The molecule has 0 radical (unpaired) electrons. The molecule has 5 N–H and O–H groups in total. The van der Waals surface area contributed by atoms with E-state index in [0.717, 1.165) is 4.90 Å². The number of halogens is 1. The normalized spacial score (nSPS) is 10.2. The van der Waals surface area contributed by atoms with E-state index in [4.69, 9.17) is 23.2 Å². The van der Waals surface area contributed by atoms with Gasteiger partial charge in [0.1, 0.15) is 10.8 Å². The number of nitrogens with two attached hydrogens (primary N) is 2. The van der Waals surface area contributed by atoms with Crippen molar-refractivity contribution in [3.63, 3.8) is 0 Å². The minimum atomic E-state index is 0.178. The fourth-order valence-corrected chi connectivity index (χ4v) is 2.14. The van der Waals surface area contributed by atoms with Gasteiger partial charge in [0.25, 0.3) is 0 Å². The first kappa shape index (κ1) is 12.0. The van der Waals surface area contributed by atoms with Crippen molar-refractivity contribution in [1.29, 1.82) is 0 Å². The molecule has 0 amide bonds. The number of hydrogen-bond donors (Lipinski definition) is 3. The molecule has 0 spiro atoms. The van der Waals surface area contributed by atoms with Crippen LogP contribution in [0.15, 0.2) is 40.3 Å². The first-order chi connectivity index (χ1) is 8.17. The summed E-state index contributed by atoms with van der Waals surface area (Å²) >= 11 is 7.26. The molecule has 5 nitrogen and oxygen atoms in total. The molecule has 1 aromatic heterocycles. The van der Waals surface area contributed by atoms with Gasteiger partial charge in [-0.2, -0.15) is 4.98 Å². The monoisotopic (exact) mass is 267 g/mol. The third-order valence-electron chi connectivity index (χ3n) is 1.90. The summed E-state index contributed by atoms with van der Waals surface area (Å²) in [5.41, 5.74) is 8.00. The van der Waals surface area contributed by atoms with Crippen LogP contribution < -0.4 is 17.0 Å². The molecule has 0 aliphatic rings. The second kappa shape index (κ2) is 5.22. The van der Waals surface area contributed by atoms with E-state index >= 15 is 0 Å². The molecule has 0 fully saturated rings. The molecule has 17 heavy (non-hydrogen) atoms. The molecule has 2 rings (SSSR count). The van der Waals surface area contributed by atoms with Gasteiger partial charge >= 0.3 is 0 Å². The summed E-state index contributed by atoms with van der Waals surface area (Å²) in [7, 11) is 0. The standard InChI is InChI=1S/C10H10ClN5S/c11-6-1-3-7(4-2-6)17-9-5-8(16-13)14-10(12)15-9/h1-5H,13H2,(H3,12,14,15,16). The molecule has 0 unspecified atom stereocenters. The largest absolute Gasteiger partial charge is 0.368 e. The Labute approximate surface area is 108 Å². The summed E-state index contributed by atoms with van der Waals surface area (Å²) in [6.07, 6.45) is 0. The number of anilines is 2. The van der Waals surface area contributed by atoms with Gasteiger partial charge in [-0.05, 0) is 24.3 Å². The molecule has 0 aliphatic heterocycles. The van der Waals surface area contributed by atoms with Crippen LogP contribution in [0, 0.1) is 0 Å². The highest BCUT2D eigenvalue weighted by molar-refractivity contribution is 7.99. The summed E-state index contributed by atoms with van der Waals surface area (Å²) in [6, 6.07) is 9.16. The summed E-state index contributed by atoms with van der Waals surface area (Å²) in [5, 5.41) is 1.41. The Kier molecular flexibility index (Phi) is 3.68. The zero-order chi connectivity index (χ0) is 12.3. The van der Waals surface area contributed by atoms with Gasteiger partial charge in [0.2, 0.25) is 5.95 Å². The SMILES string of the molecule is NNc1cc(Sc2ccc(Cl)cc2)nc(N)n1. The van der Waals surface area contributed by atoms with Crippen molar-refractivity contribution in [3.8, 4) is 0 Å². The molecule has 1 aromatic carbocycles. The van der Waals surface area contributed by atoms with Gasteiger partial charge in [0, 0.05) is 16.0 Å². The van der Waals surface area contributed by atoms with E-state index < -0.39 is 0 Å². The molecule has 7 heteroatoms. The fraction of sp³-hybridized carbons (Fsp3) is 0. The molecule has 88 valence electrons. The Balaban J connectivity index is 2.23. The number of hydrazine groups is 1. The summed E-state index contributed by atoms with van der Waals surface area (Å²) in [6.45, 7) is 0. The second-order valence-electron chi connectivity index (χ2n) is 3.15. The van der Waals surface area contributed by atoms with Crippen LogP contribution in [-0.4, -0.2) is 9.97 Å². The fourth-order valence-electron chi connectivity index (χ4n) is 1.19. The maximum Gasteiger partial charge on any atom is 0.223 e. The van der Waals surface area contributed by atoms with E-state index in [2.05, 4.69) is 15.4 Å². The van der Waals surface area contributed by atoms with Crippen LogP contribution in [0.3, 0.4) is 0 Å². The smallest absolute Gasteiger partial charge is 0.223 e. The summed E-state index contributed by atoms with van der Waals surface area (Å²) in [4.78, 5) is 9.01. The number of aromatic nitrogens is 2. The van der Waals surface area contributed by atoms with E-state index in [9.17, 15) is 0 Å². The van der Waals surface area contributed by atoms with Crippen LogP contribution in [0.4, 0.5) is 11.8 Å². The number of nitrogen functional groups attached to an aromatic ring is 2. The van der Waals surface area contributed by atoms with E-state index in [1.165, 1.54) is 11.8 Å². The van der Waals surface area contributed by atoms with Gasteiger partial charge in [0.05, 0.1) is 0 Å². The highest BCUT2D eigenvalue weighted by atomic mass is 35.5. The van der Waals surface area contributed by atoms with Crippen LogP contribution in [0.25, 0.3) is 0 Å². The summed E-state index contributed by atoms with van der Waals surface area (Å²) in [5.74, 6) is 5.94. The van der Waals surface area contributed by atoms with Gasteiger partial charge in [-0.1, -0.05) is 23.4 Å². The van der Waals surface area contributed by atoms with Crippen LogP contribution in [0.2, 0.25) is 5.02 Å². The zero-order valence-electron chi connectivity index (χ0n) is 8.72. The number of hydrogen-bond acceptors (Lipinski definition) is 6. The van der Waals surface area contributed by atoms with Crippen molar-refractivity contribution < 1.29 is 0 Å². The van der Waals surface area contributed by atoms with Crippen LogP contribution in [0.5, 0.6) is 0 Å². The van der Waals surface area contributed by atoms with Crippen LogP contribution in [-0.2, 0) is 0 Å². The van der Waals surface area contributed by atoms with Crippen molar-refractivity contribution in [3.05, 3.63) is 35.4 Å². The first-order valence-corrected chi connectivity index (χ1v) is 5.91. The molecule has 2 aromatic rings. The number of nitrogens with one attached hydrogen (secondary N) is 1. The van der Waals surface area contributed by atoms with E-state index in [0.29, 0.717) is 15.9 Å². The average Bonchev–Trinajstić information content (AvgIpc) is 2.31. The minimum absolute atomic E-state index is 0.178. The second-order valence-corrected chi connectivity index (χ2v) is 4.68. The van der Waals surface area contributed by atoms with Gasteiger partial charge in [-0.25, -0.2) is 10.8 Å². The number of rotatable bonds is 3. The Bertz CT molecular complexity index is 517. The van der Waals surface area contributed by atoms with Crippen LogP contribution in [0.1, 0.15) is 0 Å². The maximum absolute atomic E-state index is 5.81. The third-order valence-corrected chi connectivity index (χ3v) is 3.08. The Morgan fingerprint density at radius 3 is 2.53 bits per heavy atom. The topological polar surface area (TPSA) is 89.8 Å². The minimum Gasteiger partial charge on any atom is -0.368 e. The van der Waals surface area contributed by atoms with Crippen molar-refractivity contribution in [2.45, 2.75) is 9.92 Å². The average molecular weight is 268 g/mol. The lowest BCUT2D eigenvalue weighted by Crippen LogP contribution is -2.10. The first-order valence-electron chi connectivity index (χ1n) is 4.72. The molecule has 1 heterocycles. The lowest BCUT2D eigenvalue weighted by atomic mass is 10.4. The molecular weight excluding hydrogens is 258 g/mol. The predicted molar refractivity (Wildman–Crippen MR) is 69.8 cm³/mol. The highest BCUT2D eigenvalue weighted by Gasteiger charge is 2.03. The zero-order valence-corrected chi connectivity index (χ0v) is 10.3. The third kappa shape index (κ3) is 3.23. The molecule has 0 saturated heterocycles. The van der Waals surface area contributed by atoms with Crippen LogP contribution >= 0.6 is 23.4 Å². The van der Waals surface area contributed by atoms with Gasteiger partial charge in [0.15, 0.2) is 0 Å². The Hall–Kier alpha value is -1.50. The predicted octanol–water partition coefficient (Wildman–Crippen LogP) is 2.15. The van der Waals surface area contributed by atoms with E-state index in [1.54, 1.807) is 6.07 Å². The van der Waals surface area contributed by atoms with E-state index in [-0.39, 0.29) is 5.95 Å². The lowest BCUT2D eigenvalue weighted by Gasteiger charge is -2.04. The quantitative estimate of drug-likeness (QED) is 0.448. The molecule has 0 atom stereocenters. The van der Waals surface area contributed by atoms with Crippen molar-refractivity contribution in [1.82, 2.24) is 9.97 Å². The number of benzene rings is 1. The van der Waals surface area contributed by atoms with Gasteiger partial charge in [-0.15, -0.1) is 0 Å². The van der Waals surface area contributed by atoms with Crippen molar-refractivity contribution in [2.24, 2.45) is 5.84 Å². The Morgan fingerprint density at radius 1 is 1.18 bits per heavy atom. The molecular formula is C10H10ClN5S. The molecule has 0 saturated carbocycles. The Morgan fingerprint density at radius 2 is 1.88 bits per heavy atom.